The van der Waals surface area contributed by atoms with E-state index in [1.807, 2.05) is 31.2 Å². The van der Waals surface area contributed by atoms with Crippen molar-refractivity contribution in [2.24, 2.45) is 0 Å². The van der Waals surface area contributed by atoms with Gasteiger partial charge in [0.2, 0.25) is 0 Å². The quantitative estimate of drug-likeness (QED) is 0.336. The van der Waals surface area contributed by atoms with Crippen LogP contribution >= 0.6 is 23.4 Å². The maximum absolute atomic E-state index is 13.1. The molecule has 3 rings (SSSR count). The molecule has 4 nitrogen and oxygen atoms in total. The minimum absolute atomic E-state index is 0.0662. The van der Waals surface area contributed by atoms with E-state index >= 15 is 0 Å². The number of carbonyl (C=O) groups excluding carboxylic acids is 1. The first-order valence-electron chi connectivity index (χ1n) is 8.79. The minimum atomic E-state index is -0.320. The molecule has 0 bridgehead atoms. The van der Waals surface area contributed by atoms with Crippen molar-refractivity contribution < 1.29 is 20.1 Å². The fourth-order valence-electron chi connectivity index (χ4n) is 2.65. The number of rotatable bonds is 6. The normalized spacial score (nSPS) is 11.4. The van der Waals surface area contributed by atoms with Crippen LogP contribution in [0.15, 0.2) is 65.6 Å². The van der Waals surface area contributed by atoms with Crippen molar-refractivity contribution in [1.29, 1.82) is 0 Å². The summed E-state index contributed by atoms with van der Waals surface area (Å²) in [6, 6.07) is 16.7. The summed E-state index contributed by atoms with van der Waals surface area (Å²) in [6.45, 7) is 2.00. The third-order valence-electron chi connectivity index (χ3n) is 4.24. The molecule has 148 valence electrons. The lowest BCUT2D eigenvalue weighted by atomic mass is 10.1. The van der Waals surface area contributed by atoms with E-state index in [4.69, 9.17) is 11.6 Å². The zero-order chi connectivity index (χ0) is 21.0. The van der Waals surface area contributed by atoms with Gasteiger partial charge in [-0.3, -0.25) is 4.79 Å². The van der Waals surface area contributed by atoms with E-state index in [2.05, 4.69) is 0 Å². The molecule has 0 aliphatic rings. The summed E-state index contributed by atoms with van der Waals surface area (Å²) in [5, 5.41) is 30.3. The first kappa shape index (κ1) is 20.8. The van der Waals surface area contributed by atoms with E-state index in [1.54, 1.807) is 24.3 Å². The van der Waals surface area contributed by atoms with Gasteiger partial charge in [-0.1, -0.05) is 41.4 Å². The van der Waals surface area contributed by atoms with Crippen LogP contribution in [0.5, 0.6) is 17.2 Å². The smallest absolute Gasteiger partial charge is 0.199 e. The molecule has 0 aliphatic carbocycles. The van der Waals surface area contributed by atoms with E-state index in [1.165, 1.54) is 17.8 Å². The summed E-state index contributed by atoms with van der Waals surface area (Å²) in [4.78, 5) is 13.4. The van der Waals surface area contributed by atoms with Crippen LogP contribution in [0.3, 0.4) is 0 Å². The van der Waals surface area contributed by atoms with E-state index in [0.717, 1.165) is 23.3 Å². The van der Waals surface area contributed by atoms with Gasteiger partial charge in [0.1, 0.15) is 17.2 Å². The van der Waals surface area contributed by atoms with Gasteiger partial charge < -0.3 is 15.3 Å². The Kier molecular flexibility index (Phi) is 6.52. The number of hydrogen-bond donors (Lipinski definition) is 3. The Balaban J connectivity index is 1.97. The number of phenols is 3. The van der Waals surface area contributed by atoms with Gasteiger partial charge in [-0.05, 0) is 42.8 Å². The Labute approximate surface area is 178 Å². The van der Waals surface area contributed by atoms with Crippen LogP contribution < -0.4 is 0 Å². The molecule has 0 aliphatic heterocycles. The van der Waals surface area contributed by atoms with Gasteiger partial charge in [-0.2, -0.15) is 0 Å². The Bertz CT molecular complexity index is 1030. The fourth-order valence-corrected chi connectivity index (χ4v) is 3.74. The number of Topliss-reactive ketones (excluding diaryl/α,β-unsaturated/α-hetero) is 1. The predicted octanol–water partition coefficient (Wildman–Crippen LogP) is 5.92. The molecule has 0 saturated carbocycles. The predicted molar refractivity (Wildman–Crippen MR) is 118 cm³/mol. The van der Waals surface area contributed by atoms with Crippen molar-refractivity contribution >= 4 is 35.2 Å². The number of ketones is 1. The third-order valence-corrected chi connectivity index (χ3v) is 5.59. The van der Waals surface area contributed by atoms with Crippen molar-refractivity contribution in [2.45, 2.75) is 12.7 Å². The number of aromatic hydroxyl groups is 3. The molecule has 0 fully saturated rings. The van der Waals surface area contributed by atoms with Crippen LogP contribution in [0.4, 0.5) is 0 Å². The average molecular weight is 427 g/mol. The average Bonchev–Trinajstić information content (AvgIpc) is 2.68. The lowest BCUT2D eigenvalue weighted by molar-refractivity contribution is 0.104. The van der Waals surface area contributed by atoms with Crippen LogP contribution in [-0.4, -0.2) is 21.1 Å². The van der Waals surface area contributed by atoms with Crippen LogP contribution in [0.25, 0.3) is 6.08 Å². The molecule has 0 heterocycles. The zero-order valence-electron chi connectivity index (χ0n) is 15.6. The Morgan fingerprint density at radius 2 is 1.55 bits per heavy atom. The number of thioether (sulfide) groups is 1. The number of hydrogen-bond acceptors (Lipinski definition) is 5. The molecular weight excluding hydrogens is 408 g/mol. The molecule has 0 saturated heterocycles. The summed E-state index contributed by atoms with van der Waals surface area (Å²) < 4.78 is 0. The van der Waals surface area contributed by atoms with Crippen molar-refractivity contribution in [3.63, 3.8) is 0 Å². The SMILES string of the molecule is Cc1ccc(CS/C(=C/c2c(O)cc(O)cc2O)C(=O)c2ccc(Cl)cc2)cc1. The molecular formula is C23H19ClO4S. The molecule has 3 aromatic rings. The highest BCUT2D eigenvalue weighted by atomic mass is 35.5. The standard InChI is InChI=1S/C23H19ClO4S/c1-14-2-4-15(5-3-14)13-29-22(23(28)16-6-8-17(24)9-7-16)12-19-20(26)10-18(25)11-21(19)27/h2-12,25-27H,13H2,1H3/b22-12+. The maximum Gasteiger partial charge on any atom is 0.199 e. The van der Waals surface area contributed by atoms with Gasteiger partial charge in [0, 0.05) is 28.5 Å². The summed E-state index contributed by atoms with van der Waals surface area (Å²) in [6.07, 6.45) is 1.43. The van der Waals surface area contributed by atoms with Gasteiger partial charge in [0.15, 0.2) is 5.78 Å². The van der Waals surface area contributed by atoms with E-state index in [-0.39, 0.29) is 28.6 Å². The molecule has 3 N–H and O–H groups in total. The summed E-state index contributed by atoms with van der Waals surface area (Å²) in [5.74, 6) is -0.634. The second kappa shape index (κ2) is 9.07. The Morgan fingerprint density at radius 3 is 2.14 bits per heavy atom. The number of benzene rings is 3. The number of aryl methyl sites for hydroxylation is 1. The third kappa shape index (κ3) is 5.34. The number of halogens is 1. The van der Waals surface area contributed by atoms with Gasteiger partial charge in [0.05, 0.1) is 10.5 Å². The molecule has 0 radical (unpaired) electrons. The summed E-state index contributed by atoms with van der Waals surface area (Å²) in [7, 11) is 0. The van der Waals surface area contributed by atoms with E-state index in [0.29, 0.717) is 21.2 Å². The van der Waals surface area contributed by atoms with Gasteiger partial charge in [-0.25, -0.2) is 0 Å². The van der Waals surface area contributed by atoms with Gasteiger partial charge in [-0.15, -0.1) is 11.8 Å². The van der Waals surface area contributed by atoms with Crippen LogP contribution in [-0.2, 0) is 5.75 Å². The monoisotopic (exact) mass is 426 g/mol. The molecule has 0 spiro atoms. The van der Waals surface area contributed by atoms with Crippen molar-refractivity contribution in [3.8, 4) is 17.2 Å². The van der Waals surface area contributed by atoms with Crippen molar-refractivity contribution in [1.82, 2.24) is 0 Å². The topological polar surface area (TPSA) is 77.8 Å². The van der Waals surface area contributed by atoms with Crippen molar-refractivity contribution in [2.75, 3.05) is 0 Å². The minimum Gasteiger partial charge on any atom is -0.508 e. The van der Waals surface area contributed by atoms with E-state index in [9.17, 15) is 20.1 Å². The van der Waals surface area contributed by atoms with Crippen molar-refractivity contribution in [3.05, 3.63) is 92.8 Å². The highest BCUT2D eigenvalue weighted by molar-refractivity contribution is 8.03. The first-order valence-corrected chi connectivity index (χ1v) is 10.1. The highest BCUT2D eigenvalue weighted by Crippen LogP contribution is 2.36. The summed E-state index contributed by atoms with van der Waals surface area (Å²) >= 11 is 7.21. The molecule has 0 atom stereocenters. The molecule has 3 aromatic carbocycles. The largest absolute Gasteiger partial charge is 0.508 e. The Hall–Kier alpha value is -2.89. The number of phenolic OH excluding ortho intramolecular Hbond substituents is 3. The van der Waals surface area contributed by atoms with Gasteiger partial charge in [0.25, 0.3) is 0 Å². The summed E-state index contributed by atoms with van der Waals surface area (Å²) in [5.41, 5.74) is 2.69. The number of carbonyl (C=O) groups is 1. The molecule has 0 amide bonds. The van der Waals surface area contributed by atoms with Crippen LogP contribution in [0.2, 0.25) is 5.02 Å². The van der Waals surface area contributed by atoms with Gasteiger partial charge >= 0.3 is 0 Å². The first-order chi connectivity index (χ1) is 13.8. The fraction of sp³-hybridized carbons (Fsp3) is 0.0870. The lowest BCUT2D eigenvalue weighted by Crippen LogP contribution is -2.01. The molecule has 6 heteroatoms. The van der Waals surface area contributed by atoms with E-state index < -0.39 is 0 Å². The highest BCUT2D eigenvalue weighted by Gasteiger charge is 2.17. The maximum atomic E-state index is 13.1. The lowest BCUT2D eigenvalue weighted by Gasteiger charge is -2.10. The number of allylic oxidation sites excluding steroid dienone is 1. The molecule has 29 heavy (non-hydrogen) atoms. The molecule has 0 unspecified atom stereocenters. The zero-order valence-corrected chi connectivity index (χ0v) is 17.2. The second-order valence-electron chi connectivity index (χ2n) is 6.52. The van der Waals surface area contributed by atoms with Crippen LogP contribution in [0.1, 0.15) is 27.0 Å². The molecule has 0 aromatic heterocycles. The van der Waals surface area contributed by atoms with Crippen LogP contribution in [0, 0.1) is 6.92 Å². The Morgan fingerprint density at radius 1 is 0.966 bits per heavy atom. The second-order valence-corrected chi connectivity index (χ2v) is 7.97.